The minimum Gasteiger partial charge on any atom is -0.324 e. The summed E-state index contributed by atoms with van der Waals surface area (Å²) in [5.74, 6) is 0.0571. The molecule has 0 spiro atoms. The molecule has 0 saturated carbocycles. The largest absolute Gasteiger partial charge is 0.324 e. The molecular formula is C22H18FN7O. The third kappa shape index (κ3) is 3.06. The van der Waals surface area contributed by atoms with Crippen molar-refractivity contribution in [2.75, 3.05) is 0 Å². The summed E-state index contributed by atoms with van der Waals surface area (Å²) in [6.07, 6.45) is 4.92. The molecule has 0 radical (unpaired) electrons. The lowest BCUT2D eigenvalue weighted by Gasteiger charge is -2.14. The van der Waals surface area contributed by atoms with Crippen molar-refractivity contribution in [3.05, 3.63) is 76.9 Å². The van der Waals surface area contributed by atoms with Crippen LogP contribution in [0.2, 0.25) is 0 Å². The van der Waals surface area contributed by atoms with Gasteiger partial charge in [-0.05, 0) is 42.1 Å². The molecule has 0 aliphatic carbocycles. The maximum atomic E-state index is 14.2. The monoisotopic (exact) mass is 415 g/mol. The van der Waals surface area contributed by atoms with Crippen molar-refractivity contribution in [3.8, 4) is 22.8 Å². The van der Waals surface area contributed by atoms with Gasteiger partial charge in [0.05, 0.1) is 11.4 Å². The van der Waals surface area contributed by atoms with Gasteiger partial charge in [0.2, 0.25) is 0 Å². The molecule has 31 heavy (non-hydrogen) atoms. The molecule has 1 atom stereocenters. The SMILES string of the molecule is C[C@@H](N)c1cc(F)cc2c1cc(-c1cnc(-c3cccc(=O)n3C)nc1)n1cnnc21. The van der Waals surface area contributed by atoms with E-state index in [0.29, 0.717) is 28.1 Å². The van der Waals surface area contributed by atoms with Crippen molar-refractivity contribution in [2.24, 2.45) is 12.8 Å². The molecule has 0 amide bonds. The normalized spacial score (nSPS) is 12.5. The van der Waals surface area contributed by atoms with E-state index < -0.39 is 0 Å². The van der Waals surface area contributed by atoms with Gasteiger partial charge in [0, 0.05) is 42.5 Å². The number of nitrogens with zero attached hydrogens (tertiary/aromatic N) is 6. The number of aromatic nitrogens is 6. The summed E-state index contributed by atoms with van der Waals surface area (Å²) in [6.45, 7) is 1.81. The maximum Gasteiger partial charge on any atom is 0.250 e. The van der Waals surface area contributed by atoms with E-state index in [-0.39, 0.29) is 17.4 Å². The fraction of sp³-hybridized carbons (Fsp3) is 0.136. The average Bonchev–Trinajstić information content (AvgIpc) is 3.25. The van der Waals surface area contributed by atoms with Crippen LogP contribution in [0.3, 0.4) is 0 Å². The highest BCUT2D eigenvalue weighted by molar-refractivity contribution is 5.98. The Balaban J connectivity index is 1.72. The molecule has 5 aromatic rings. The van der Waals surface area contributed by atoms with Crippen molar-refractivity contribution in [3.63, 3.8) is 0 Å². The van der Waals surface area contributed by atoms with Crippen LogP contribution >= 0.6 is 0 Å². The van der Waals surface area contributed by atoms with E-state index in [9.17, 15) is 9.18 Å². The number of pyridine rings is 2. The van der Waals surface area contributed by atoms with Gasteiger partial charge in [-0.2, -0.15) is 0 Å². The van der Waals surface area contributed by atoms with Gasteiger partial charge in [0.15, 0.2) is 11.5 Å². The van der Waals surface area contributed by atoms with Crippen LogP contribution in [0.5, 0.6) is 0 Å². The van der Waals surface area contributed by atoms with Crippen LogP contribution in [0.1, 0.15) is 18.5 Å². The number of nitrogens with two attached hydrogens (primary N) is 1. The molecule has 2 N–H and O–H groups in total. The summed E-state index contributed by atoms with van der Waals surface area (Å²) in [5.41, 5.74) is 9.24. The van der Waals surface area contributed by atoms with Crippen LogP contribution in [-0.4, -0.2) is 29.1 Å². The quantitative estimate of drug-likeness (QED) is 0.486. The zero-order chi connectivity index (χ0) is 21.7. The summed E-state index contributed by atoms with van der Waals surface area (Å²) in [7, 11) is 1.67. The Morgan fingerprint density at radius 2 is 1.84 bits per heavy atom. The minimum absolute atomic E-state index is 0.137. The number of rotatable bonds is 3. The van der Waals surface area contributed by atoms with Gasteiger partial charge < -0.3 is 10.3 Å². The lowest BCUT2D eigenvalue weighted by atomic mass is 9.99. The molecule has 0 aliphatic rings. The van der Waals surface area contributed by atoms with Crippen LogP contribution in [0.15, 0.2) is 59.9 Å². The smallest absolute Gasteiger partial charge is 0.250 e. The van der Waals surface area contributed by atoms with Gasteiger partial charge in [-0.3, -0.25) is 9.20 Å². The summed E-state index contributed by atoms with van der Waals surface area (Å²) in [5, 5.41) is 9.62. The van der Waals surface area contributed by atoms with Crippen molar-refractivity contribution in [2.45, 2.75) is 13.0 Å². The van der Waals surface area contributed by atoms with Gasteiger partial charge in [0.25, 0.3) is 5.56 Å². The maximum absolute atomic E-state index is 14.2. The Morgan fingerprint density at radius 1 is 1.06 bits per heavy atom. The zero-order valence-corrected chi connectivity index (χ0v) is 16.8. The van der Waals surface area contributed by atoms with E-state index in [1.54, 1.807) is 42.3 Å². The molecule has 4 aromatic heterocycles. The van der Waals surface area contributed by atoms with Gasteiger partial charge in [-0.1, -0.05) is 6.07 Å². The second-order valence-corrected chi connectivity index (χ2v) is 7.40. The first-order valence-corrected chi connectivity index (χ1v) is 9.64. The fourth-order valence-electron chi connectivity index (χ4n) is 3.77. The highest BCUT2D eigenvalue weighted by Gasteiger charge is 2.16. The van der Waals surface area contributed by atoms with E-state index in [0.717, 1.165) is 16.6 Å². The first kappa shape index (κ1) is 19.0. The molecule has 9 heteroatoms. The van der Waals surface area contributed by atoms with Gasteiger partial charge >= 0.3 is 0 Å². The Morgan fingerprint density at radius 3 is 2.58 bits per heavy atom. The molecule has 154 valence electrons. The van der Waals surface area contributed by atoms with E-state index in [1.807, 2.05) is 13.0 Å². The molecule has 0 aliphatic heterocycles. The number of benzene rings is 1. The lowest BCUT2D eigenvalue weighted by Crippen LogP contribution is -2.17. The molecule has 0 saturated heterocycles. The summed E-state index contributed by atoms with van der Waals surface area (Å²) >= 11 is 0. The van der Waals surface area contributed by atoms with Gasteiger partial charge in [-0.15, -0.1) is 10.2 Å². The number of halogens is 1. The first-order valence-electron chi connectivity index (χ1n) is 9.64. The van der Waals surface area contributed by atoms with Gasteiger partial charge in [-0.25, -0.2) is 14.4 Å². The third-order valence-corrected chi connectivity index (χ3v) is 5.36. The first-order chi connectivity index (χ1) is 14.9. The molecule has 4 heterocycles. The molecule has 0 unspecified atom stereocenters. The third-order valence-electron chi connectivity index (χ3n) is 5.36. The second-order valence-electron chi connectivity index (χ2n) is 7.40. The van der Waals surface area contributed by atoms with Crippen LogP contribution < -0.4 is 11.3 Å². The summed E-state index contributed by atoms with van der Waals surface area (Å²) in [6, 6.07) is 9.37. The lowest BCUT2D eigenvalue weighted by molar-refractivity contribution is 0.625. The second kappa shape index (κ2) is 7.06. The average molecular weight is 415 g/mol. The van der Waals surface area contributed by atoms with Crippen LogP contribution in [-0.2, 0) is 7.05 Å². The molecule has 0 fully saturated rings. The fourth-order valence-corrected chi connectivity index (χ4v) is 3.77. The standard InChI is InChI=1S/C22H18FN7O/c1-12(24)15-6-14(23)7-17-16(15)8-19(30-11-27-28-22(17)30)13-9-25-21(26-10-13)18-4-3-5-20(31)29(18)2/h3-12H,24H2,1-2H3/t12-/m1/s1. The molecular weight excluding hydrogens is 397 g/mol. The van der Waals surface area contributed by atoms with Crippen LogP contribution in [0.25, 0.3) is 39.2 Å². The van der Waals surface area contributed by atoms with Gasteiger partial charge in [0.1, 0.15) is 12.1 Å². The predicted molar refractivity (Wildman–Crippen MR) is 115 cm³/mol. The van der Waals surface area contributed by atoms with Crippen LogP contribution in [0, 0.1) is 5.82 Å². The summed E-state index contributed by atoms with van der Waals surface area (Å²) in [4.78, 5) is 20.8. The molecule has 1 aromatic carbocycles. The molecule has 0 bridgehead atoms. The predicted octanol–water partition coefficient (Wildman–Crippen LogP) is 2.86. The number of hydrogen-bond acceptors (Lipinski definition) is 6. The van der Waals surface area contributed by atoms with Crippen molar-refractivity contribution in [1.82, 2.24) is 29.1 Å². The number of hydrogen-bond donors (Lipinski definition) is 1. The molecule has 5 rings (SSSR count). The Bertz CT molecular complexity index is 1500. The number of fused-ring (bicyclic) bond motifs is 3. The van der Waals surface area contributed by atoms with Crippen molar-refractivity contribution < 1.29 is 4.39 Å². The van der Waals surface area contributed by atoms with E-state index >= 15 is 0 Å². The van der Waals surface area contributed by atoms with Crippen molar-refractivity contribution in [1.29, 1.82) is 0 Å². The van der Waals surface area contributed by atoms with Crippen LogP contribution in [0.4, 0.5) is 4.39 Å². The van der Waals surface area contributed by atoms with E-state index in [4.69, 9.17) is 5.73 Å². The zero-order valence-electron chi connectivity index (χ0n) is 16.8. The minimum atomic E-state index is -0.376. The summed E-state index contributed by atoms with van der Waals surface area (Å²) < 4.78 is 17.5. The Kier molecular flexibility index (Phi) is 4.33. The Labute approximate surface area is 175 Å². The molecule has 8 nitrogen and oxygen atoms in total. The van der Waals surface area contributed by atoms with E-state index in [2.05, 4.69) is 20.2 Å². The highest BCUT2D eigenvalue weighted by atomic mass is 19.1. The van der Waals surface area contributed by atoms with E-state index in [1.165, 1.54) is 22.8 Å². The topological polar surface area (TPSA) is 104 Å². The van der Waals surface area contributed by atoms with Crippen molar-refractivity contribution >= 4 is 16.4 Å². The Hall–Kier alpha value is -3.98. The highest BCUT2D eigenvalue weighted by Crippen LogP contribution is 2.32.